The number of ether oxygens (including phenoxy) is 3. The topological polar surface area (TPSA) is 94.2 Å². The van der Waals surface area contributed by atoms with Crippen molar-refractivity contribution >= 4 is 29.2 Å². The average molecular weight is 410 g/mol. The first-order chi connectivity index (χ1) is 14.6. The third kappa shape index (κ3) is 4.37. The molecule has 2 aliphatic rings. The van der Waals surface area contributed by atoms with Gasteiger partial charge in [-0.15, -0.1) is 0 Å². The summed E-state index contributed by atoms with van der Waals surface area (Å²) < 4.78 is 16.4. The fourth-order valence-corrected chi connectivity index (χ4v) is 3.43. The lowest BCUT2D eigenvalue weighted by Gasteiger charge is -2.18. The third-order valence-electron chi connectivity index (χ3n) is 4.85. The van der Waals surface area contributed by atoms with Crippen LogP contribution in [0.2, 0.25) is 0 Å². The van der Waals surface area contributed by atoms with Gasteiger partial charge in [0.05, 0.1) is 24.5 Å². The highest BCUT2D eigenvalue weighted by Gasteiger charge is 2.26. The molecule has 0 radical (unpaired) electrons. The predicted molar refractivity (Wildman–Crippen MR) is 109 cm³/mol. The van der Waals surface area contributed by atoms with Crippen LogP contribution < -0.4 is 19.7 Å². The van der Waals surface area contributed by atoms with Crippen LogP contribution >= 0.6 is 0 Å². The molecule has 0 atom stereocenters. The minimum absolute atomic E-state index is 0.0256. The van der Waals surface area contributed by atoms with E-state index in [2.05, 4.69) is 5.32 Å². The van der Waals surface area contributed by atoms with Crippen LogP contribution in [0.1, 0.15) is 29.6 Å². The summed E-state index contributed by atoms with van der Waals surface area (Å²) in [5, 5.41) is 2.68. The summed E-state index contributed by atoms with van der Waals surface area (Å²) in [5.74, 6) is 0.0329. The molecule has 2 amide bonds. The Morgan fingerprint density at radius 2 is 1.83 bits per heavy atom. The zero-order chi connectivity index (χ0) is 20.9. The van der Waals surface area contributed by atoms with E-state index in [1.54, 1.807) is 47.4 Å². The van der Waals surface area contributed by atoms with Gasteiger partial charge in [0.15, 0.2) is 18.1 Å². The molecule has 1 saturated heterocycles. The summed E-state index contributed by atoms with van der Waals surface area (Å²) in [6, 6.07) is 11.8. The molecule has 1 N–H and O–H groups in total. The Labute approximate surface area is 173 Å². The minimum Gasteiger partial charge on any atom is -0.490 e. The Hall–Kier alpha value is -3.55. The normalized spacial score (nSPS) is 15.5. The predicted octanol–water partition coefficient (Wildman–Crippen LogP) is 2.77. The summed E-state index contributed by atoms with van der Waals surface area (Å²) in [6.45, 7) is 1.24. The van der Waals surface area contributed by atoms with Crippen LogP contribution in [-0.4, -0.2) is 44.1 Å². The highest BCUT2D eigenvalue weighted by molar-refractivity contribution is 6.04. The van der Waals surface area contributed by atoms with Crippen molar-refractivity contribution in [2.45, 2.75) is 19.3 Å². The molecule has 0 saturated carbocycles. The van der Waals surface area contributed by atoms with E-state index in [0.29, 0.717) is 49.1 Å². The van der Waals surface area contributed by atoms with Gasteiger partial charge in [0.25, 0.3) is 5.91 Å². The number of hydrogen-bond donors (Lipinski definition) is 1. The van der Waals surface area contributed by atoms with Crippen molar-refractivity contribution in [3.8, 4) is 11.5 Å². The quantitative estimate of drug-likeness (QED) is 0.762. The molecule has 0 bridgehead atoms. The lowest BCUT2D eigenvalue weighted by atomic mass is 10.1. The van der Waals surface area contributed by atoms with E-state index in [1.165, 1.54) is 0 Å². The molecule has 2 heterocycles. The molecular weight excluding hydrogens is 388 g/mol. The van der Waals surface area contributed by atoms with Crippen LogP contribution in [0.3, 0.4) is 0 Å². The van der Waals surface area contributed by atoms with Gasteiger partial charge in [0.2, 0.25) is 5.91 Å². The number of nitrogens with zero attached hydrogens (tertiary/aromatic N) is 1. The van der Waals surface area contributed by atoms with Gasteiger partial charge in [-0.3, -0.25) is 9.59 Å². The van der Waals surface area contributed by atoms with Gasteiger partial charge in [-0.1, -0.05) is 12.1 Å². The molecule has 2 aliphatic heterocycles. The number of amides is 2. The van der Waals surface area contributed by atoms with Gasteiger partial charge in [-0.05, 0) is 30.7 Å². The number of carbonyl (C=O) groups is 3. The van der Waals surface area contributed by atoms with Crippen molar-refractivity contribution in [2.75, 3.05) is 36.6 Å². The zero-order valence-electron chi connectivity index (χ0n) is 16.4. The van der Waals surface area contributed by atoms with Crippen LogP contribution in [0.15, 0.2) is 42.5 Å². The van der Waals surface area contributed by atoms with E-state index in [4.69, 9.17) is 14.2 Å². The molecule has 1 fully saturated rings. The maximum Gasteiger partial charge on any atom is 0.340 e. The highest BCUT2D eigenvalue weighted by Crippen LogP contribution is 2.32. The molecule has 0 aromatic heterocycles. The van der Waals surface area contributed by atoms with Gasteiger partial charge >= 0.3 is 5.97 Å². The maximum atomic E-state index is 12.5. The summed E-state index contributed by atoms with van der Waals surface area (Å²) >= 11 is 0. The van der Waals surface area contributed by atoms with Crippen LogP contribution in [0.5, 0.6) is 11.5 Å². The lowest BCUT2D eigenvalue weighted by molar-refractivity contribution is -0.119. The number of rotatable bonds is 5. The fraction of sp³-hybridized carbons (Fsp3) is 0.318. The number of benzene rings is 2. The molecule has 0 unspecified atom stereocenters. The molecule has 4 rings (SSSR count). The second-order valence-corrected chi connectivity index (χ2v) is 7.00. The smallest absolute Gasteiger partial charge is 0.340 e. The second-order valence-electron chi connectivity index (χ2n) is 7.00. The van der Waals surface area contributed by atoms with E-state index in [1.807, 2.05) is 0 Å². The van der Waals surface area contributed by atoms with Crippen molar-refractivity contribution in [1.82, 2.24) is 0 Å². The van der Waals surface area contributed by atoms with E-state index in [9.17, 15) is 14.4 Å². The highest BCUT2D eigenvalue weighted by atomic mass is 16.5. The van der Waals surface area contributed by atoms with Crippen molar-refractivity contribution in [3.05, 3.63) is 48.0 Å². The van der Waals surface area contributed by atoms with Crippen molar-refractivity contribution in [2.24, 2.45) is 0 Å². The standard InChI is InChI=1S/C22H22N2O6/c25-20(23-15-8-9-18-19(13-15)29-12-4-11-28-18)14-30-22(27)16-5-1-2-6-17(16)24-10-3-7-21(24)26/h1-2,5-6,8-9,13H,3-4,7,10-12,14H2,(H,23,25). The monoisotopic (exact) mass is 410 g/mol. The first-order valence-corrected chi connectivity index (χ1v) is 9.88. The second kappa shape index (κ2) is 8.86. The first kappa shape index (κ1) is 19.8. The third-order valence-corrected chi connectivity index (χ3v) is 4.85. The lowest BCUT2D eigenvalue weighted by Crippen LogP contribution is -2.27. The van der Waals surface area contributed by atoms with E-state index >= 15 is 0 Å². The number of fused-ring (bicyclic) bond motifs is 1. The number of carbonyl (C=O) groups excluding carboxylic acids is 3. The minimum atomic E-state index is -0.654. The van der Waals surface area contributed by atoms with Gasteiger partial charge in [-0.25, -0.2) is 4.79 Å². The number of esters is 1. The van der Waals surface area contributed by atoms with E-state index in [0.717, 1.165) is 12.8 Å². The Balaban J connectivity index is 1.37. The Bertz CT molecular complexity index is 974. The number of nitrogens with one attached hydrogen (secondary N) is 1. The number of hydrogen-bond acceptors (Lipinski definition) is 6. The fourth-order valence-electron chi connectivity index (χ4n) is 3.43. The van der Waals surface area contributed by atoms with Crippen LogP contribution in [0.4, 0.5) is 11.4 Å². The van der Waals surface area contributed by atoms with E-state index in [-0.39, 0.29) is 11.5 Å². The average Bonchev–Trinajstić information content (AvgIpc) is 3.04. The molecule has 2 aromatic carbocycles. The maximum absolute atomic E-state index is 12.5. The summed E-state index contributed by atoms with van der Waals surface area (Å²) in [6.07, 6.45) is 2.00. The number of anilines is 2. The Morgan fingerprint density at radius 1 is 1.03 bits per heavy atom. The zero-order valence-corrected chi connectivity index (χ0v) is 16.4. The van der Waals surface area contributed by atoms with Crippen LogP contribution in [-0.2, 0) is 14.3 Å². The van der Waals surface area contributed by atoms with Crippen LogP contribution in [0.25, 0.3) is 0 Å². The molecule has 8 heteroatoms. The largest absolute Gasteiger partial charge is 0.490 e. The van der Waals surface area contributed by atoms with Gasteiger partial charge in [0.1, 0.15) is 0 Å². The molecule has 0 aliphatic carbocycles. The molecule has 8 nitrogen and oxygen atoms in total. The molecule has 156 valence electrons. The Morgan fingerprint density at radius 3 is 2.63 bits per heavy atom. The summed E-state index contributed by atoms with van der Waals surface area (Å²) in [7, 11) is 0. The van der Waals surface area contributed by atoms with Crippen molar-refractivity contribution in [3.63, 3.8) is 0 Å². The van der Waals surface area contributed by atoms with Gasteiger partial charge in [-0.2, -0.15) is 0 Å². The summed E-state index contributed by atoms with van der Waals surface area (Å²) in [5.41, 5.74) is 1.29. The SMILES string of the molecule is O=C(COC(=O)c1ccccc1N1CCCC1=O)Nc1ccc2c(c1)OCCCO2. The molecule has 30 heavy (non-hydrogen) atoms. The van der Waals surface area contributed by atoms with Gasteiger partial charge in [0, 0.05) is 31.1 Å². The van der Waals surface area contributed by atoms with Crippen LogP contribution in [0, 0.1) is 0 Å². The molecule has 2 aromatic rings. The Kier molecular flexibility index (Phi) is 5.83. The first-order valence-electron chi connectivity index (χ1n) is 9.88. The molecular formula is C22H22N2O6. The molecule has 0 spiro atoms. The van der Waals surface area contributed by atoms with Crippen molar-refractivity contribution < 1.29 is 28.6 Å². The van der Waals surface area contributed by atoms with E-state index < -0.39 is 18.5 Å². The summed E-state index contributed by atoms with van der Waals surface area (Å²) in [4.78, 5) is 38.4. The number of para-hydroxylation sites is 1. The van der Waals surface area contributed by atoms with Crippen molar-refractivity contribution in [1.29, 1.82) is 0 Å². The van der Waals surface area contributed by atoms with Gasteiger partial charge < -0.3 is 24.4 Å².